The van der Waals surface area contributed by atoms with E-state index in [1.807, 2.05) is 0 Å². The van der Waals surface area contributed by atoms with Crippen LogP contribution in [0.2, 0.25) is 5.02 Å². The number of H-pyrrole nitrogens is 1. The highest BCUT2D eigenvalue weighted by Crippen LogP contribution is 2.35. The largest absolute Gasteiger partial charge is 0.490 e. The third-order valence-corrected chi connectivity index (χ3v) is 6.06. The predicted octanol–water partition coefficient (Wildman–Crippen LogP) is 3.09. The van der Waals surface area contributed by atoms with Crippen LogP contribution in [0.5, 0.6) is 5.75 Å². The number of aromatic amines is 1. The summed E-state index contributed by atoms with van der Waals surface area (Å²) in [5.41, 5.74) is 7.07. The maximum Gasteiger partial charge on any atom is 0.326 e. The first-order valence-corrected chi connectivity index (χ1v) is 11.1. The molecule has 33 heavy (non-hydrogen) atoms. The van der Waals surface area contributed by atoms with Crippen molar-refractivity contribution >= 4 is 51.7 Å². The molecule has 2 aromatic heterocycles. The number of benzene rings is 1. The molecule has 0 unspecified atom stereocenters. The standard InChI is InChI=1S/C20H23Cl2F2N7O2/c1-10-8-31(9-15(25)20(10,23)24)18-26-7-12(22)17(29-18)27-11-5-13-16(30(2)19(32)28-13)14(6-11)33-4-3-21/h5-7,10,15H,3-4,8-9,25H2,1-2H3,(H,28,32)(H,26,27,29)/t10-,15+/m0/s1. The number of alkyl halides is 3. The number of piperidine rings is 1. The van der Waals surface area contributed by atoms with Crippen molar-refractivity contribution in [2.24, 2.45) is 18.7 Å². The van der Waals surface area contributed by atoms with Crippen molar-refractivity contribution < 1.29 is 13.5 Å². The second-order valence-electron chi connectivity index (χ2n) is 7.98. The number of hydrogen-bond donors (Lipinski definition) is 3. The van der Waals surface area contributed by atoms with E-state index in [0.29, 0.717) is 22.5 Å². The van der Waals surface area contributed by atoms with Crippen molar-refractivity contribution in [1.82, 2.24) is 19.5 Å². The summed E-state index contributed by atoms with van der Waals surface area (Å²) in [5, 5.41) is 3.32. The van der Waals surface area contributed by atoms with Crippen molar-refractivity contribution in [2.75, 3.05) is 35.8 Å². The summed E-state index contributed by atoms with van der Waals surface area (Å²) in [4.78, 5) is 25.1. The molecule has 13 heteroatoms. The molecule has 4 rings (SSSR count). The highest BCUT2D eigenvalue weighted by atomic mass is 35.5. The molecule has 4 N–H and O–H groups in total. The average molecular weight is 502 g/mol. The number of rotatable bonds is 6. The van der Waals surface area contributed by atoms with Gasteiger partial charge in [0.1, 0.15) is 22.9 Å². The Balaban J connectivity index is 1.66. The molecule has 0 saturated carbocycles. The second-order valence-corrected chi connectivity index (χ2v) is 8.76. The number of nitrogens with zero attached hydrogens (tertiary/aromatic N) is 4. The molecule has 178 valence electrons. The number of ether oxygens (including phenoxy) is 1. The maximum absolute atomic E-state index is 14.1. The van der Waals surface area contributed by atoms with E-state index in [0.717, 1.165) is 0 Å². The first-order valence-electron chi connectivity index (χ1n) is 10.2. The second kappa shape index (κ2) is 8.96. The minimum absolute atomic E-state index is 0.0510. The van der Waals surface area contributed by atoms with Crippen LogP contribution in [0.1, 0.15) is 6.92 Å². The average Bonchev–Trinajstić information content (AvgIpc) is 3.05. The van der Waals surface area contributed by atoms with Gasteiger partial charge in [-0.25, -0.2) is 18.6 Å². The van der Waals surface area contributed by atoms with E-state index >= 15 is 0 Å². The Labute approximate surface area is 197 Å². The van der Waals surface area contributed by atoms with Gasteiger partial charge < -0.3 is 25.7 Å². The number of aromatic nitrogens is 4. The highest BCUT2D eigenvalue weighted by Gasteiger charge is 2.48. The van der Waals surface area contributed by atoms with Crippen LogP contribution in [0, 0.1) is 5.92 Å². The van der Waals surface area contributed by atoms with Crippen LogP contribution in [0.15, 0.2) is 23.1 Å². The molecule has 1 aromatic carbocycles. The zero-order chi connectivity index (χ0) is 23.9. The van der Waals surface area contributed by atoms with Crippen LogP contribution < -0.4 is 26.4 Å². The normalized spacial score (nSPS) is 20.3. The molecule has 0 amide bonds. The summed E-state index contributed by atoms with van der Waals surface area (Å²) in [6.07, 6.45) is 1.39. The van der Waals surface area contributed by atoms with Gasteiger partial charge >= 0.3 is 5.69 Å². The molecular weight excluding hydrogens is 479 g/mol. The van der Waals surface area contributed by atoms with Crippen molar-refractivity contribution in [3.05, 3.63) is 33.8 Å². The van der Waals surface area contributed by atoms with Crippen LogP contribution in [-0.4, -0.2) is 57.1 Å². The highest BCUT2D eigenvalue weighted by molar-refractivity contribution is 6.32. The topological polar surface area (TPSA) is 114 Å². The van der Waals surface area contributed by atoms with E-state index in [1.54, 1.807) is 24.1 Å². The van der Waals surface area contributed by atoms with Crippen LogP contribution in [0.4, 0.5) is 26.2 Å². The zero-order valence-electron chi connectivity index (χ0n) is 17.9. The number of imidazole rings is 1. The van der Waals surface area contributed by atoms with Gasteiger partial charge in [-0.1, -0.05) is 18.5 Å². The SMILES string of the molecule is C[C@H]1CN(c2ncc(Cl)c(Nc3cc(OCCCl)c4c(c3)[nH]c(=O)n4C)n2)C[C@@H](N)C1(F)F. The van der Waals surface area contributed by atoms with Gasteiger partial charge in [0.2, 0.25) is 5.95 Å². The fourth-order valence-corrected chi connectivity index (χ4v) is 4.05. The Bertz CT molecular complexity index is 1220. The third-order valence-electron chi connectivity index (χ3n) is 5.63. The lowest BCUT2D eigenvalue weighted by molar-refractivity contribution is -0.0808. The van der Waals surface area contributed by atoms with E-state index in [1.165, 1.54) is 17.7 Å². The van der Waals surface area contributed by atoms with Crippen molar-refractivity contribution in [3.63, 3.8) is 0 Å². The van der Waals surface area contributed by atoms with Crippen LogP contribution in [0.3, 0.4) is 0 Å². The molecule has 1 aliphatic heterocycles. The van der Waals surface area contributed by atoms with E-state index in [9.17, 15) is 13.6 Å². The van der Waals surface area contributed by atoms with Gasteiger partial charge in [-0.3, -0.25) is 4.57 Å². The van der Waals surface area contributed by atoms with E-state index in [2.05, 4.69) is 20.3 Å². The van der Waals surface area contributed by atoms with Crippen molar-refractivity contribution in [2.45, 2.75) is 18.9 Å². The quantitative estimate of drug-likeness (QED) is 0.444. The minimum atomic E-state index is -2.97. The molecule has 0 bridgehead atoms. The van der Waals surface area contributed by atoms with Gasteiger partial charge in [-0.15, -0.1) is 11.6 Å². The first-order chi connectivity index (χ1) is 15.6. The Morgan fingerprint density at radius 2 is 2.15 bits per heavy atom. The fraction of sp³-hybridized carbons (Fsp3) is 0.450. The monoisotopic (exact) mass is 501 g/mol. The lowest BCUT2D eigenvalue weighted by Crippen LogP contribution is -2.60. The maximum atomic E-state index is 14.1. The molecule has 1 aliphatic rings. The number of nitrogens with one attached hydrogen (secondary N) is 2. The summed E-state index contributed by atoms with van der Waals surface area (Å²) < 4.78 is 35.4. The van der Waals surface area contributed by atoms with Gasteiger partial charge in [-0.05, 0) is 6.07 Å². The molecule has 3 heterocycles. The molecule has 0 radical (unpaired) electrons. The van der Waals surface area contributed by atoms with Gasteiger partial charge in [0.25, 0.3) is 5.92 Å². The van der Waals surface area contributed by atoms with Gasteiger partial charge in [0.05, 0.1) is 23.6 Å². The molecule has 0 spiro atoms. The lowest BCUT2D eigenvalue weighted by Gasteiger charge is -2.40. The third kappa shape index (κ3) is 4.44. The molecule has 1 fully saturated rings. The van der Waals surface area contributed by atoms with Crippen molar-refractivity contribution in [3.8, 4) is 5.75 Å². The molecule has 3 aromatic rings. The van der Waals surface area contributed by atoms with E-state index < -0.39 is 17.9 Å². The first kappa shape index (κ1) is 23.5. The number of fused-ring (bicyclic) bond motifs is 1. The number of halogens is 4. The van der Waals surface area contributed by atoms with Crippen LogP contribution in [0.25, 0.3) is 11.0 Å². The number of nitrogens with two attached hydrogens (primary N) is 1. The molecule has 1 saturated heterocycles. The Morgan fingerprint density at radius 3 is 2.85 bits per heavy atom. The smallest absolute Gasteiger partial charge is 0.326 e. The summed E-state index contributed by atoms with van der Waals surface area (Å²) in [6, 6.07) is 2.07. The molecule has 0 aliphatic carbocycles. The number of hydrogen-bond acceptors (Lipinski definition) is 7. The van der Waals surface area contributed by atoms with E-state index in [4.69, 9.17) is 33.7 Å². The zero-order valence-corrected chi connectivity index (χ0v) is 19.4. The lowest BCUT2D eigenvalue weighted by atomic mass is 9.92. The number of anilines is 3. The fourth-order valence-electron chi connectivity index (χ4n) is 3.83. The molecular formula is C20H23Cl2F2N7O2. The van der Waals surface area contributed by atoms with Gasteiger partial charge in [-0.2, -0.15) is 4.98 Å². The summed E-state index contributed by atoms with van der Waals surface area (Å²) in [6.45, 7) is 1.65. The summed E-state index contributed by atoms with van der Waals surface area (Å²) >= 11 is 12.1. The van der Waals surface area contributed by atoms with E-state index in [-0.39, 0.29) is 48.1 Å². The Morgan fingerprint density at radius 1 is 1.39 bits per heavy atom. The Kier molecular flexibility index (Phi) is 6.39. The summed E-state index contributed by atoms with van der Waals surface area (Å²) in [7, 11) is 1.63. The summed E-state index contributed by atoms with van der Waals surface area (Å²) in [5.74, 6) is -2.72. The van der Waals surface area contributed by atoms with Crippen LogP contribution >= 0.6 is 23.2 Å². The molecule has 2 atom stereocenters. The predicted molar refractivity (Wildman–Crippen MR) is 124 cm³/mol. The number of aryl methyl sites for hydroxylation is 1. The van der Waals surface area contributed by atoms with Gasteiger partial charge in [0, 0.05) is 37.8 Å². The molecule has 9 nitrogen and oxygen atoms in total. The van der Waals surface area contributed by atoms with Crippen molar-refractivity contribution in [1.29, 1.82) is 0 Å². The van der Waals surface area contributed by atoms with Gasteiger partial charge in [0.15, 0.2) is 5.82 Å². The van der Waals surface area contributed by atoms with Crippen LogP contribution in [-0.2, 0) is 7.05 Å². The minimum Gasteiger partial charge on any atom is -0.490 e. The Hall–Kier alpha value is -2.63.